The van der Waals surface area contributed by atoms with Gasteiger partial charge in [0, 0.05) is 12.3 Å². The number of ether oxygens (including phenoxy) is 1. The lowest BCUT2D eigenvalue weighted by Gasteiger charge is -2.30. The Kier molecular flexibility index (Phi) is 1.90. The van der Waals surface area contributed by atoms with E-state index in [4.69, 9.17) is 8.92 Å². The Balaban J connectivity index is 2.17. The van der Waals surface area contributed by atoms with Crippen molar-refractivity contribution in [3.8, 4) is 0 Å². The van der Waals surface area contributed by atoms with Crippen LogP contribution >= 0.6 is 0 Å². The molecule has 3 aliphatic heterocycles. The van der Waals surface area contributed by atoms with E-state index in [1.807, 2.05) is 0 Å². The van der Waals surface area contributed by atoms with Gasteiger partial charge in [-0.2, -0.15) is 8.42 Å². The van der Waals surface area contributed by atoms with Crippen LogP contribution in [0.3, 0.4) is 0 Å². The van der Waals surface area contributed by atoms with Crippen LogP contribution in [0.5, 0.6) is 0 Å². The fourth-order valence-electron chi connectivity index (χ4n) is 3.38. The Morgan fingerprint density at radius 1 is 1.38 bits per heavy atom. The Morgan fingerprint density at radius 2 is 2.06 bits per heavy atom. The molecule has 5 unspecified atom stereocenters. The van der Waals surface area contributed by atoms with E-state index in [0.29, 0.717) is 0 Å². The molecule has 3 aliphatic rings. The smallest absolute Gasteiger partial charge is 0.273 e. The van der Waals surface area contributed by atoms with Crippen molar-refractivity contribution < 1.29 is 27.6 Å². The molecular weight excluding hydrogens is 236 g/mol. The van der Waals surface area contributed by atoms with Gasteiger partial charge in [0.25, 0.3) is 10.1 Å². The Morgan fingerprint density at radius 3 is 2.56 bits per heavy atom. The van der Waals surface area contributed by atoms with Gasteiger partial charge in [-0.05, 0) is 0 Å². The first-order chi connectivity index (χ1) is 7.42. The van der Waals surface area contributed by atoms with Crippen molar-refractivity contribution in [3.05, 3.63) is 0 Å². The van der Waals surface area contributed by atoms with Crippen LogP contribution in [-0.2, 0) is 19.0 Å². The SMILES string of the molecule is CC1C2OS(=O)(=O)C3CC1(CO)OC23CO. The van der Waals surface area contributed by atoms with Gasteiger partial charge in [-0.1, -0.05) is 6.92 Å². The van der Waals surface area contributed by atoms with Gasteiger partial charge in [0.2, 0.25) is 0 Å². The summed E-state index contributed by atoms with van der Waals surface area (Å²) in [6.07, 6.45) is -0.474. The minimum Gasteiger partial charge on any atom is -0.393 e. The van der Waals surface area contributed by atoms with Crippen molar-refractivity contribution in [2.24, 2.45) is 5.92 Å². The lowest BCUT2D eigenvalue weighted by atomic mass is 9.73. The molecule has 0 saturated carbocycles. The second-order valence-electron chi connectivity index (χ2n) is 4.93. The van der Waals surface area contributed by atoms with Crippen molar-refractivity contribution in [2.45, 2.75) is 35.9 Å². The summed E-state index contributed by atoms with van der Waals surface area (Å²) < 4.78 is 34.2. The molecule has 3 fully saturated rings. The molecule has 0 aromatic heterocycles. The van der Waals surface area contributed by atoms with E-state index < -0.39 is 39.3 Å². The zero-order chi connectivity index (χ0) is 11.8. The summed E-state index contributed by atoms with van der Waals surface area (Å²) in [5.74, 6) is -0.238. The molecule has 0 aromatic rings. The molecule has 3 heterocycles. The van der Waals surface area contributed by atoms with E-state index in [1.165, 1.54) is 0 Å². The summed E-state index contributed by atoms with van der Waals surface area (Å²) in [5.41, 5.74) is -2.04. The van der Waals surface area contributed by atoms with E-state index in [2.05, 4.69) is 0 Å². The van der Waals surface area contributed by atoms with Crippen molar-refractivity contribution in [1.82, 2.24) is 0 Å². The standard InChI is InChI=1S/C9H14O6S/c1-5-7-9(4-11)6(16(12,13)14-7)2-8(5,3-10)15-9/h5-7,10-11H,2-4H2,1H3. The normalized spacial score (nSPS) is 57.1. The van der Waals surface area contributed by atoms with Gasteiger partial charge in [-0.15, -0.1) is 0 Å². The summed E-state index contributed by atoms with van der Waals surface area (Å²) in [7, 11) is -3.68. The van der Waals surface area contributed by atoms with Gasteiger partial charge in [0.1, 0.15) is 17.0 Å². The van der Waals surface area contributed by atoms with Crippen molar-refractivity contribution >= 4 is 10.1 Å². The third-order valence-electron chi connectivity index (χ3n) is 4.34. The monoisotopic (exact) mass is 250 g/mol. The quantitative estimate of drug-likeness (QED) is 0.586. The lowest BCUT2D eigenvalue weighted by molar-refractivity contribution is -0.104. The molecule has 5 atom stereocenters. The van der Waals surface area contributed by atoms with E-state index in [0.717, 1.165) is 0 Å². The van der Waals surface area contributed by atoms with Gasteiger partial charge in [-0.25, -0.2) is 0 Å². The molecule has 2 bridgehead atoms. The van der Waals surface area contributed by atoms with Gasteiger partial charge < -0.3 is 14.9 Å². The molecule has 16 heavy (non-hydrogen) atoms. The molecular formula is C9H14O6S. The molecule has 2 N–H and O–H groups in total. The van der Waals surface area contributed by atoms with Crippen molar-refractivity contribution in [1.29, 1.82) is 0 Å². The minimum absolute atomic E-state index is 0.198. The van der Waals surface area contributed by atoms with Gasteiger partial charge in [0.05, 0.1) is 18.8 Å². The molecule has 7 heteroatoms. The predicted octanol–water partition coefficient (Wildman–Crippen LogP) is -1.38. The van der Waals surface area contributed by atoms with Crippen LogP contribution in [0.1, 0.15) is 13.3 Å². The maximum Gasteiger partial charge on any atom is 0.273 e. The first kappa shape index (κ1) is 10.9. The number of hydrogen-bond donors (Lipinski definition) is 2. The highest BCUT2D eigenvalue weighted by Gasteiger charge is 2.78. The summed E-state index contributed by atoms with van der Waals surface area (Å²) in [5, 5.41) is 18.0. The number of aliphatic hydroxyl groups is 2. The molecule has 0 spiro atoms. The summed E-state index contributed by atoms with van der Waals surface area (Å²) in [4.78, 5) is 0. The second kappa shape index (κ2) is 2.78. The van der Waals surface area contributed by atoms with Crippen LogP contribution in [0, 0.1) is 5.92 Å². The highest BCUT2D eigenvalue weighted by Crippen LogP contribution is 2.61. The highest BCUT2D eigenvalue weighted by atomic mass is 32.2. The first-order valence-corrected chi connectivity index (χ1v) is 6.73. The van der Waals surface area contributed by atoms with E-state index in [1.54, 1.807) is 6.92 Å². The predicted molar refractivity (Wildman–Crippen MR) is 52.1 cm³/mol. The average molecular weight is 250 g/mol. The second-order valence-corrected chi connectivity index (χ2v) is 6.68. The Hall–Kier alpha value is -0.210. The number of aliphatic hydroxyl groups excluding tert-OH is 2. The van der Waals surface area contributed by atoms with Crippen LogP contribution < -0.4 is 0 Å². The maximum absolute atomic E-state index is 11.8. The lowest BCUT2D eigenvalue weighted by Crippen LogP contribution is -2.50. The van der Waals surface area contributed by atoms with E-state index >= 15 is 0 Å². The van der Waals surface area contributed by atoms with Gasteiger partial charge in [0.15, 0.2) is 0 Å². The van der Waals surface area contributed by atoms with Crippen LogP contribution in [0.4, 0.5) is 0 Å². The molecule has 3 saturated heterocycles. The minimum atomic E-state index is -3.68. The topological polar surface area (TPSA) is 93.1 Å². The largest absolute Gasteiger partial charge is 0.393 e. The molecule has 6 nitrogen and oxygen atoms in total. The Labute approximate surface area is 93.3 Å². The molecule has 0 aliphatic carbocycles. The molecule has 0 radical (unpaired) electrons. The highest BCUT2D eigenvalue weighted by molar-refractivity contribution is 7.87. The first-order valence-electron chi connectivity index (χ1n) is 5.26. The van der Waals surface area contributed by atoms with Crippen molar-refractivity contribution in [3.63, 3.8) is 0 Å². The fraction of sp³-hybridized carbons (Fsp3) is 1.00. The third-order valence-corrected chi connectivity index (χ3v) is 6.07. The fourth-order valence-corrected chi connectivity index (χ4v) is 5.36. The molecule has 92 valence electrons. The van der Waals surface area contributed by atoms with Crippen LogP contribution in [-0.4, -0.2) is 54.4 Å². The van der Waals surface area contributed by atoms with Crippen LogP contribution in [0.2, 0.25) is 0 Å². The van der Waals surface area contributed by atoms with E-state index in [-0.39, 0.29) is 18.9 Å². The molecule has 0 amide bonds. The van der Waals surface area contributed by atoms with E-state index in [9.17, 15) is 18.6 Å². The molecule has 3 rings (SSSR count). The number of rotatable bonds is 2. The maximum atomic E-state index is 11.8. The van der Waals surface area contributed by atoms with Crippen LogP contribution in [0.25, 0.3) is 0 Å². The number of hydrogen-bond acceptors (Lipinski definition) is 6. The zero-order valence-corrected chi connectivity index (χ0v) is 9.61. The van der Waals surface area contributed by atoms with Gasteiger partial charge >= 0.3 is 0 Å². The summed E-state index contributed by atoms with van der Waals surface area (Å²) in [6.45, 7) is 1.14. The Bertz CT molecular complexity index is 433. The third kappa shape index (κ3) is 0.910. The zero-order valence-electron chi connectivity index (χ0n) is 8.79. The summed E-state index contributed by atoms with van der Waals surface area (Å²) in [6, 6.07) is 0. The molecule has 0 aromatic carbocycles. The number of fused-ring (bicyclic) bond motifs is 1. The van der Waals surface area contributed by atoms with Crippen molar-refractivity contribution in [2.75, 3.05) is 13.2 Å². The average Bonchev–Trinajstić information content (AvgIpc) is 2.76. The summed E-state index contributed by atoms with van der Waals surface area (Å²) >= 11 is 0. The van der Waals surface area contributed by atoms with Gasteiger partial charge in [-0.3, -0.25) is 4.18 Å². The van der Waals surface area contributed by atoms with Crippen LogP contribution in [0.15, 0.2) is 0 Å².